The average Bonchev–Trinajstić information content (AvgIpc) is 2.47. The fourth-order valence-electron chi connectivity index (χ4n) is 2.53. The molecule has 0 atom stereocenters. The van der Waals surface area contributed by atoms with Crippen molar-refractivity contribution in [2.75, 3.05) is 13.1 Å². The van der Waals surface area contributed by atoms with Crippen molar-refractivity contribution < 1.29 is 4.79 Å². The Bertz CT molecular complexity index is 807. The Labute approximate surface area is 121 Å². The summed E-state index contributed by atoms with van der Waals surface area (Å²) in [5.74, 6) is 0.639. The molecule has 0 aromatic carbocycles. The lowest BCUT2D eigenvalue weighted by Gasteiger charge is -2.25. The zero-order chi connectivity index (χ0) is 15.0. The molecule has 6 heteroatoms. The van der Waals surface area contributed by atoms with Crippen LogP contribution in [0.3, 0.4) is 0 Å². The molecule has 108 valence electrons. The molecule has 1 amide bonds. The van der Waals surface area contributed by atoms with Crippen molar-refractivity contribution in [3.63, 3.8) is 0 Å². The number of carbonyl (C=O) groups is 1. The van der Waals surface area contributed by atoms with Gasteiger partial charge in [-0.25, -0.2) is 9.97 Å². The molecule has 2 aromatic heterocycles. The first-order chi connectivity index (χ1) is 10.0. The molecule has 0 bridgehead atoms. The molecular formula is C15H16N4O2. The maximum Gasteiger partial charge on any atom is 0.260 e. The van der Waals surface area contributed by atoms with E-state index in [1.165, 1.54) is 0 Å². The number of hydrogen-bond acceptors (Lipinski definition) is 4. The molecule has 3 rings (SSSR count). The van der Waals surface area contributed by atoms with Crippen molar-refractivity contribution in [2.45, 2.75) is 20.3 Å². The maximum atomic E-state index is 12.0. The molecule has 0 saturated carbocycles. The van der Waals surface area contributed by atoms with E-state index in [1.54, 1.807) is 24.9 Å². The summed E-state index contributed by atoms with van der Waals surface area (Å²) in [6, 6.07) is 1.82. The van der Waals surface area contributed by atoms with Gasteiger partial charge in [0.2, 0.25) is 5.91 Å². The van der Waals surface area contributed by atoms with Crippen LogP contribution in [-0.2, 0) is 4.79 Å². The Morgan fingerprint density at radius 2 is 2.24 bits per heavy atom. The van der Waals surface area contributed by atoms with Gasteiger partial charge in [-0.3, -0.25) is 9.59 Å². The summed E-state index contributed by atoms with van der Waals surface area (Å²) in [5, 5.41) is 0.494. The number of pyridine rings is 1. The first-order valence-corrected chi connectivity index (χ1v) is 6.86. The number of amides is 1. The van der Waals surface area contributed by atoms with Gasteiger partial charge in [-0.1, -0.05) is 6.08 Å². The third-order valence-electron chi connectivity index (χ3n) is 3.70. The Balaban J connectivity index is 1.99. The quantitative estimate of drug-likeness (QED) is 0.855. The van der Waals surface area contributed by atoms with Crippen LogP contribution in [-0.4, -0.2) is 38.8 Å². The molecule has 0 aliphatic carbocycles. The number of aromatic nitrogens is 3. The number of rotatable bonds is 1. The normalized spacial score (nSPS) is 15.1. The van der Waals surface area contributed by atoms with Gasteiger partial charge >= 0.3 is 0 Å². The molecule has 3 heterocycles. The largest absolute Gasteiger partial charge is 0.339 e. The zero-order valence-corrected chi connectivity index (χ0v) is 12.0. The van der Waals surface area contributed by atoms with E-state index in [0.29, 0.717) is 29.9 Å². The number of fused-ring (bicyclic) bond motifs is 1. The van der Waals surface area contributed by atoms with Gasteiger partial charge in [0.1, 0.15) is 5.82 Å². The first-order valence-electron chi connectivity index (χ1n) is 6.86. The lowest BCUT2D eigenvalue weighted by Crippen LogP contribution is -2.32. The Morgan fingerprint density at radius 1 is 1.43 bits per heavy atom. The van der Waals surface area contributed by atoms with E-state index in [9.17, 15) is 9.59 Å². The number of nitrogens with zero attached hydrogens (tertiary/aromatic N) is 3. The minimum atomic E-state index is -0.173. The van der Waals surface area contributed by atoms with Gasteiger partial charge in [-0.05, 0) is 30.5 Å². The van der Waals surface area contributed by atoms with Gasteiger partial charge in [0.25, 0.3) is 5.56 Å². The highest BCUT2D eigenvalue weighted by molar-refractivity contribution is 5.80. The van der Waals surface area contributed by atoms with Crippen molar-refractivity contribution in [3.05, 3.63) is 40.1 Å². The van der Waals surface area contributed by atoms with Crippen LogP contribution < -0.4 is 5.56 Å². The minimum absolute atomic E-state index is 0.0815. The number of hydrogen-bond donors (Lipinski definition) is 1. The van der Waals surface area contributed by atoms with Crippen LogP contribution in [0.1, 0.15) is 24.7 Å². The third kappa shape index (κ3) is 2.56. The molecule has 0 unspecified atom stereocenters. The molecule has 1 aliphatic heterocycles. The van der Waals surface area contributed by atoms with Crippen LogP contribution >= 0.6 is 0 Å². The van der Waals surface area contributed by atoms with Crippen LogP contribution in [0.2, 0.25) is 0 Å². The van der Waals surface area contributed by atoms with E-state index in [0.717, 1.165) is 17.6 Å². The molecule has 0 spiro atoms. The van der Waals surface area contributed by atoms with E-state index in [1.807, 2.05) is 12.1 Å². The first kappa shape index (κ1) is 13.5. The summed E-state index contributed by atoms with van der Waals surface area (Å²) in [5.41, 5.74) is 2.32. The van der Waals surface area contributed by atoms with Gasteiger partial charge in [-0.2, -0.15) is 0 Å². The second kappa shape index (κ2) is 5.12. The molecule has 0 fully saturated rings. The number of aromatic amines is 1. The van der Waals surface area contributed by atoms with Gasteiger partial charge in [-0.15, -0.1) is 0 Å². The monoisotopic (exact) mass is 284 g/mol. The summed E-state index contributed by atoms with van der Waals surface area (Å²) >= 11 is 0. The number of aryl methyl sites for hydroxylation is 1. The molecule has 0 saturated heterocycles. The van der Waals surface area contributed by atoms with Crippen LogP contribution in [0.15, 0.2) is 23.1 Å². The van der Waals surface area contributed by atoms with E-state index >= 15 is 0 Å². The van der Waals surface area contributed by atoms with Crippen molar-refractivity contribution in [3.8, 4) is 0 Å². The van der Waals surface area contributed by atoms with E-state index in [-0.39, 0.29) is 11.5 Å². The van der Waals surface area contributed by atoms with Crippen LogP contribution in [0.4, 0.5) is 0 Å². The van der Waals surface area contributed by atoms with Gasteiger partial charge in [0.15, 0.2) is 5.65 Å². The molecule has 6 nitrogen and oxygen atoms in total. The van der Waals surface area contributed by atoms with Gasteiger partial charge in [0.05, 0.1) is 5.39 Å². The smallest absolute Gasteiger partial charge is 0.260 e. The lowest BCUT2D eigenvalue weighted by molar-refractivity contribution is -0.128. The molecule has 21 heavy (non-hydrogen) atoms. The Morgan fingerprint density at radius 3 is 2.90 bits per heavy atom. The number of carbonyl (C=O) groups excluding carboxylic acids is 1. The van der Waals surface area contributed by atoms with Crippen molar-refractivity contribution >= 4 is 22.5 Å². The fourth-order valence-corrected chi connectivity index (χ4v) is 2.53. The van der Waals surface area contributed by atoms with E-state index in [2.05, 4.69) is 15.0 Å². The second-order valence-electron chi connectivity index (χ2n) is 5.19. The van der Waals surface area contributed by atoms with Gasteiger partial charge in [0, 0.05) is 26.2 Å². The summed E-state index contributed by atoms with van der Waals surface area (Å²) in [7, 11) is 0. The zero-order valence-electron chi connectivity index (χ0n) is 12.0. The second-order valence-corrected chi connectivity index (χ2v) is 5.19. The van der Waals surface area contributed by atoms with Crippen LogP contribution in [0, 0.1) is 6.92 Å². The highest BCUT2D eigenvalue weighted by atomic mass is 16.2. The topological polar surface area (TPSA) is 79.0 Å². The molecule has 1 aliphatic rings. The number of nitrogens with one attached hydrogen (secondary N) is 1. The predicted molar refractivity (Wildman–Crippen MR) is 79.7 cm³/mol. The Kier molecular flexibility index (Phi) is 3.29. The van der Waals surface area contributed by atoms with E-state index < -0.39 is 0 Å². The average molecular weight is 284 g/mol. The van der Waals surface area contributed by atoms with Crippen molar-refractivity contribution in [1.29, 1.82) is 0 Å². The third-order valence-corrected chi connectivity index (χ3v) is 3.70. The van der Waals surface area contributed by atoms with Crippen molar-refractivity contribution in [2.24, 2.45) is 0 Å². The van der Waals surface area contributed by atoms with Gasteiger partial charge < -0.3 is 9.88 Å². The highest BCUT2D eigenvalue weighted by Gasteiger charge is 2.15. The highest BCUT2D eigenvalue weighted by Crippen LogP contribution is 2.23. The van der Waals surface area contributed by atoms with E-state index in [4.69, 9.17) is 0 Å². The van der Waals surface area contributed by atoms with Crippen LogP contribution in [0.25, 0.3) is 16.6 Å². The van der Waals surface area contributed by atoms with Crippen molar-refractivity contribution in [1.82, 2.24) is 19.9 Å². The summed E-state index contributed by atoms with van der Waals surface area (Å²) in [4.78, 5) is 36.3. The predicted octanol–water partition coefficient (Wildman–Crippen LogP) is 1.26. The molecule has 0 radical (unpaired) electrons. The standard InChI is InChI=1S/C15H16N4O2/c1-9-17-14-13(15(21)18-9)7-12(8-16-14)11-3-5-19(6-4-11)10(2)20/h3,7-8H,4-6H2,1-2H3,(H,16,17,18,21). The SMILES string of the molecule is CC(=O)N1CC=C(c2cnc3nc(C)[nH]c(=O)c3c2)CC1. The fraction of sp³-hybridized carbons (Fsp3) is 0.333. The minimum Gasteiger partial charge on any atom is -0.339 e. The summed E-state index contributed by atoms with van der Waals surface area (Å²) < 4.78 is 0. The molecule has 2 aromatic rings. The summed E-state index contributed by atoms with van der Waals surface area (Å²) in [6.07, 6.45) is 4.52. The lowest BCUT2D eigenvalue weighted by atomic mass is 10.0. The number of H-pyrrole nitrogens is 1. The Hall–Kier alpha value is -2.50. The van der Waals surface area contributed by atoms with Crippen LogP contribution in [0.5, 0.6) is 0 Å². The molecule has 1 N–H and O–H groups in total. The molecular weight excluding hydrogens is 268 g/mol. The summed E-state index contributed by atoms with van der Waals surface area (Å²) in [6.45, 7) is 4.60. The maximum absolute atomic E-state index is 12.0.